The maximum atomic E-state index is 12.9. The molecule has 2 unspecified atom stereocenters. The second kappa shape index (κ2) is 8.43. The van der Waals surface area contributed by atoms with Gasteiger partial charge in [0, 0.05) is 17.3 Å². The summed E-state index contributed by atoms with van der Waals surface area (Å²) in [5, 5.41) is 10.1. The minimum Gasteiger partial charge on any atom is -0.507 e. The molecule has 2 atom stereocenters. The van der Waals surface area contributed by atoms with Gasteiger partial charge in [0.05, 0.1) is 17.3 Å². The third kappa shape index (κ3) is 4.89. The number of aromatic nitrogens is 1. The molecule has 29 heavy (non-hydrogen) atoms. The second-order valence-electron chi connectivity index (χ2n) is 7.36. The van der Waals surface area contributed by atoms with Crippen molar-refractivity contribution in [3.05, 3.63) is 41.0 Å². The summed E-state index contributed by atoms with van der Waals surface area (Å²) >= 11 is 0. The zero-order valence-corrected chi connectivity index (χ0v) is 17.4. The summed E-state index contributed by atoms with van der Waals surface area (Å²) < 4.78 is 38.6. The number of aromatic hydroxyl groups is 1. The zero-order chi connectivity index (χ0) is 22.0. The van der Waals surface area contributed by atoms with E-state index in [1.54, 1.807) is 18.3 Å². The van der Waals surface area contributed by atoms with Crippen LogP contribution in [0.15, 0.2) is 29.3 Å². The summed E-state index contributed by atoms with van der Waals surface area (Å²) in [7, 11) is 0. The molecule has 1 aromatic heterocycles. The van der Waals surface area contributed by atoms with Gasteiger partial charge in [0.25, 0.3) is 0 Å². The number of aryl methyl sites for hydroxylation is 1. The van der Waals surface area contributed by atoms with Crippen molar-refractivity contribution in [1.82, 2.24) is 4.98 Å². The fourth-order valence-corrected chi connectivity index (χ4v) is 3.17. The minimum atomic E-state index is -4.52. The molecule has 3 rings (SSSR count). The third-order valence-electron chi connectivity index (χ3n) is 5.36. The second-order valence-corrected chi connectivity index (χ2v) is 7.36. The van der Waals surface area contributed by atoms with Crippen LogP contribution in [-0.2, 0) is 6.18 Å². The summed E-state index contributed by atoms with van der Waals surface area (Å²) in [5.41, 5.74) is 6.82. The first-order chi connectivity index (χ1) is 13.5. The lowest BCUT2D eigenvalue weighted by Gasteiger charge is -2.13. The van der Waals surface area contributed by atoms with Crippen molar-refractivity contribution in [2.75, 3.05) is 5.73 Å². The Morgan fingerprint density at radius 3 is 2.45 bits per heavy atom. The minimum absolute atomic E-state index is 0.216. The van der Waals surface area contributed by atoms with E-state index in [1.807, 2.05) is 13.8 Å². The molecule has 2 aromatic rings. The maximum Gasteiger partial charge on any atom is 0.416 e. The highest BCUT2D eigenvalue weighted by Gasteiger charge is 2.48. The van der Waals surface area contributed by atoms with Crippen molar-refractivity contribution >= 4 is 12.0 Å². The standard InChI is InChI=1S/C20H22F3N3O.C2H6/c1-4-19(3)9-16(19)25-10-12-5-6-14(26-18(12)24)17-11(2)7-13(8-15(17)27)20(21,22)23;1-2/h5-8,10,16,27H,4,9H2,1-3H3,(H2,24,26);1-2H3. The van der Waals surface area contributed by atoms with E-state index in [-0.39, 0.29) is 28.4 Å². The highest BCUT2D eigenvalue weighted by Crippen LogP contribution is 2.50. The van der Waals surface area contributed by atoms with Crippen LogP contribution in [0.4, 0.5) is 19.0 Å². The lowest BCUT2D eigenvalue weighted by Crippen LogP contribution is -2.06. The number of hydrogen-bond donors (Lipinski definition) is 2. The average molecular weight is 407 g/mol. The third-order valence-corrected chi connectivity index (χ3v) is 5.36. The molecular weight excluding hydrogens is 379 g/mol. The number of benzene rings is 1. The fraction of sp³-hybridized carbons (Fsp3) is 0.455. The van der Waals surface area contributed by atoms with E-state index in [0.29, 0.717) is 17.3 Å². The zero-order valence-electron chi connectivity index (χ0n) is 17.4. The Morgan fingerprint density at radius 2 is 1.97 bits per heavy atom. The van der Waals surface area contributed by atoms with Crippen molar-refractivity contribution in [1.29, 1.82) is 0 Å². The summed E-state index contributed by atoms with van der Waals surface area (Å²) in [4.78, 5) is 8.80. The normalized spacial score (nSPS) is 21.0. The maximum absolute atomic E-state index is 12.9. The van der Waals surface area contributed by atoms with Crippen molar-refractivity contribution in [3.8, 4) is 17.0 Å². The lowest BCUT2D eigenvalue weighted by molar-refractivity contribution is -0.137. The number of rotatable bonds is 4. The Hall–Kier alpha value is -2.57. The number of halogens is 3. The number of phenols is 1. The Balaban J connectivity index is 0.00000145. The summed E-state index contributed by atoms with van der Waals surface area (Å²) in [6, 6.07) is 5.31. The van der Waals surface area contributed by atoms with E-state index in [9.17, 15) is 18.3 Å². The first kappa shape index (κ1) is 22.7. The molecule has 158 valence electrons. The molecule has 3 N–H and O–H groups in total. The predicted molar refractivity (Wildman–Crippen MR) is 111 cm³/mol. The van der Waals surface area contributed by atoms with Crippen LogP contribution in [0.2, 0.25) is 0 Å². The number of aliphatic imine (C=N–C) groups is 1. The number of nitrogens with zero attached hydrogens (tertiary/aromatic N) is 2. The van der Waals surface area contributed by atoms with E-state index in [1.165, 1.54) is 6.92 Å². The van der Waals surface area contributed by atoms with Gasteiger partial charge in [-0.1, -0.05) is 27.7 Å². The monoisotopic (exact) mass is 407 g/mol. The number of phenolic OH excluding ortho intramolecular Hbond substituents is 1. The van der Waals surface area contributed by atoms with Gasteiger partial charge in [0.2, 0.25) is 0 Å². The van der Waals surface area contributed by atoms with Crippen molar-refractivity contribution in [3.63, 3.8) is 0 Å². The van der Waals surface area contributed by atoms with E-state index in [4.69, 9.17) is 5.73 Å². The molecule has 0 aliphatic heterocycles. The van der Waals surface area contributed by atoms with Gasteiger partial charge < -0.3 is 10.8 Å². The Kier molecular flexibility index (Phi) is 6.60. The molecule has 0 saturated heterocycles. The van der Waals surface area contributed by atoms with Crippen molar-refractivity contribution in [2.45, 2.75) is 59.7 Å². The van der Waals surface area contributed by atoms with Gasteiger partial charge in [-0.05, 0) is 55.0 Å². The smallest absolute Gasteiger partial charge is 0.416 e. The van der Waals surface area contributed by atoms with Crippen molar-refractivity contribution < 1.29 is 18.3 Å². The highest BCUT2D eigenvalue weighted by atomic mass is 19.4. The van der Waals surface area contributed by atoms with E-state index < -0.39 is 17.5 Å². The molecule has 0 spiro atoms. The predicted octanol–water partition coefficient (Wildman–Crippen LogP) is 6.00. The fourth-order valence-electron chi connectivity index (χ4n) is 3.17. The van der Waals surface area contributed by atoms with E-state index >= 15 is 0 Å². The highest BCUT2D eigenvalue weighted by molar-refractivity contribution is 5.87. The van der Waals surface area contributed by atoms with Crippen LogP contribution >= 0.6 is 0 Å². The Bertz CT molecular complexity index is 886. The molecule has 1 heterocycles. The van der Waals surface area contributed by atoms with Crippen LogP contribution in [-0.4, -0.2) is 22.3 Å². The first-order valence-corrected chi connectivity index (χ1v) is 9.76. The van der Waals surface area contributed by atoms with Crippen LogP contribution in [0.3, 0.4) is 0 Å². The van der Waals surface area contributed by atoms with Crippen molar-refractivity contribution in [2.24, 2.45) is 10.4 Å². The number of alkyl halides is 3. The summed E-state index contributed by atoms with van der Waals surface area (Å²) in [6.07, 6.45) is -0.724. The Labute approximate surface area is 169 Å². The van der Waals surface area contributed by atoms with E-state index in [2.05, 4.69) is 23.8 Å². The molecule has 1 fully saturated rings. The largest absolute Gasteiger partial charge is 0.507 e. The summed E-state index contributed by atoms with van der Waals surface area (Å²) in [6.45, 7) is 9.82. The van der Waals surface area contributed by atoms with E-state index in [0.717, 1.165) is 18.9 Å². The Morgan fingerprint density at radius 1 is 1.31 bits per heavy atom. The van der Waals surface area contributed by atoms with Gasteiger partial charge >= 0.3 is 6.18 Å². The van der Waals surface area contributed by atoms with Gasteiger partial charge in [-0.3, -0.25) is 4.99 Å². The molecule has 1 aromatic carbocycles. The first-order valence-electron chi connectivity index (χ1n) is 9.76. The number of nitrogens with two attached hydrogens (primary N) is 1. The molecule has 4 nitrogen and oxygen atoms in total. The average Bonchev–Trinajstić information content (AvgIpc) is 3.32. The molecule has 1 aliphatic carbocycles. The van der Waals surface area contributed by atoms with Crippen LogP contribution in [0.25, 0.3) is 11.3 Å². The summed E-state index contributed by atoms with van der Waals surface area (Å²) in [5.74, 6) is -0.263. The molecule has 1 saturated carbocycles. The quantitative estimate of drug-likeness (QED) is 0.611. The van der Waals surface area contributed by atoms with Crippen LogP contribution in [0.5, 0.6) is 5.75 Å². The molecule has 1 aliphatic rings. The lowest BCUT2D eigenvalue weighted by atomic mass is 10.00. The number of nitrogen functional groups attached to an aromatic ring is 1. The molecule has 7 heteroatoms. The van der Waals surface area contributed by atoms with Crippen LogP contribution < -0.4 is 5.73 Å². The number of anilines is 1. The number of pyridine rings is 1. The molecular formula is C22H28F3N3O. The van der Waals surface area contributed by atoms with Gasteiger partial charge in [0.15, 0.2) is 0 Å². The molecule has 0 radical (unpaired) electrons. The SMILES string of the molecule is CC.CCC1(C)CC1N=Cc1ccc(-c2c(C)cc(C(F)(F)F)cc2O)nc1N. The van der Waals surface area contributed by atoms with Gasteiger partial charge in [-0.25, -0.2) is 4.98 Å². The number of hydrogen-bond acceptors (Lipinski definition) is 4. The molecule has 0 amide bonds. The van der Waals surface area contributed by atoms with Gasteiger partial charge in [0.1, 0.15) is 11.6 Å². The van der Waals surface area contributed by atoms with Gasteiger partial charge in [-0.2, -0.15) is 13.2 Å². The van der Waals surface area contributed by atoms with Crippen LogP contribution in [0, 0.1) is 12.3 Å². The molecule has 0 bridgehead atoms. The topological polar surface area (TPSA) is 71.5 Å². The van der Waals surface area contributed by atoms with Crippen LogP contribution in [0.1, 0.15) is 57.2 Å². The van der Waals surface area contributed by atoms with Gasteiger partial charge in [-0.15, -0.1) is 0 Å².